The highest BCUT2D eigenvalue weighted by Crippen LogP contribution is 2.21. The molecule has 26 heavy (non-hydrogen) atoms. The fourth-order valence-electron chi connectivity index (χ4n) is 2.80. The Morgan fingerprint density at radius 3 is 2.38 bits per heavy atom. The minimum absolute atomic E-state index is 0.107. The van der Waals surface area contributed by atoms with Crippen molar-refractivity contribution in [3.8, 4) is 0 Å². The van der Waals surface area contributed by atoms with E-state index in [0.717, 1.165) is 17.1 Å². The summed E-state index contributed by atoms with van der Waals surface area (Å²) in [6.07, 6.45) is 1.65. The van der Waals surface area contributed by atoms with Crippen LogP contribution < -0.4 is 5.32 Å². The molecule has 0 spiro atoms. The molecule has 1 N–H and O–H groups in total. The van der Waals surface area contributed by atoms with E-state index in [1.165, 1.54) is 15.8 Å². The van der Waals surface area contributed by atoms with E-state index >= 15 is 0 Å². The highest BCUT2D eigenvalue weighted by Gasteiger charge is 2.15. The third kappa shape index (κ3) is 3.96. The van der Waals surface area contributed by atoms with Gasteiger partial charge in [-0.2, -0.15) is 10.2 Å². The van der Waals surface area contributed by atoms with Gasteiger partial charge in [0.05, 0.1) is 34.3 Å². The highest BCUT2D eigenvalue weighted by molar-refractivity contribution is 6.31. The zero-order chi connectivity index (χ0) is 18.8. The summed E-state index contributed by atoms with van der Waals surface area (Å²) in [7, 11) is 0. The van der Waals surface area contributed by atoms with Crippen LogP contribution in [0, 0.1) is 27.7 Å². The summed E-state index contributed by atoms with van der Waals surface area (Å²) in [6, 6.07) is 8.35. The quantitative estimate of drug-likeness (QED) is 0.744. The van der Waals surface area contributed by atoms with Crippen molar-refractivity contribution in [3.05, 3.63) is 63.7 Å². The van der Waals surface area contributed by atoms with E-state index in [4.69, 9.17) is 11.6 Å². The van der Waals surface area contributed by atoms with E-state index in [1.54, 1.807) is 13.1 Å². The number of hydrogen-bond donors (Lipinski definition) is 1. The first-order valence-electron chi connectivity index (χ1n) is 8.42. The second kappa shape index (κ2) is 7.33. The number of benzene rings is 1. The summed E-state index contributed by atoms with van der Waals surface area (Å²) in [5.41, 5.74) is 5.56. The number of rotatable bonds is 5. The zero-order valence-corrected chi connectivity index (χ0v) is 16.1. The van der Waals surface area contributed by atoms with Crippen molar-refractivity contribution in [2.75, 3.05) is 5.32 Å². The Bertz CT molecular complexity index is 920. The van der Waals surface area contributed by atoms with Crippen LogP contribution in [-0.2, 0) is 17.9 Å². The second-order valence-electron chi connectivity index (χ2n) is 6.50. The maximum atomic E-state index is 12.4. The molecule has 0 fully saturated rings. The molecular formula is C19H22ClN5O. The Hall–Kier alpha value is -2.60. The topological polar surface area (TPSA) is 64.7 Å². The van der Waals surface area contributed by atoms with Crippen molar-refractivity contribution in [1.82, 2.24) is 19.6 Å². The molecule has 0 aliphatic rings. The van der Waals surface area contributed by atoms with E-state index in [1.807, 2.05) is 18.5 Å². The molecule has 1 amide bonds. The summed E-state index contributed by atoms with van der Waals surface area (Å²) in [5.74, 6) is -0.162. The first kappa shape index (κ1) is 18.2. The van der Waals surface area contributed by atoms with E-state index in [2.05, 4.69) is 46.7 Å². The van der Waals surface area contributed by atoms with Gasteiger partial charge in [-0.25, -0.2) is 0 Å². The van der Waals surface area contributed by atoms with E-state index in [-0.39, 0.29) is 12.5 Å². The van der Waals surface area contributed by atoms with Crippen LogP contribution in [0.15, 0.2) is 30.5 Å². The summed E-state index contributed by atoms with van der Waals surface area (Å²) in [4.78, 5) is 12.4. The largest absolute Gasteiger partial charge is 0.321 e. The molecule has 0 aliphatic heterocycles. The fraction of sp³-hybridized carbons (Fsp3) is 0.316. The number of nitrogens with zero attached hydrogens (tertiary/aromatic N) is 4. The third-order valence-electron chi connectivity index (χ3n) is 4.29. The summed E-state index contributed by atoms with van der Waals surface area (Å²) >= 11 is 5.99. The molecule has 6 nitrogen and oxygen atoms in total. The van der Waals surface area contributed by atoms with Crippen LogP contribution in [0.5, 0.6) is 0 Å². The van der Waals surface area contributed by atoms with Gasteiger partial charge in [-0.1, -0.05) is 41.4 Å². The van der Waals surface area contributed by atoms with Crippen LogP contribution >= 0.6 is 11.6 Å². The Labute approximate surface area is 157 Å². The minimum Gasteiger partial charge on any atom is -0.321 e. The van der Waals surface area contributed by atoms with Gasteiger partial charge in [-0.05, 0) is 33.3 Å². The van der Waals surface area contributed by atoms with Crippen molar-refractivity contribution in [2.45, 2.75) is 40.8 Å². The molecule has 3 aromatic rings. The normalized spacial score (nSPS) is 11.0. The van der Waals surface area contributed by atoms with Gasteiger partial charge in [0.2, 0.25) is 5.91 Å². The second-order valence-corrected chi connectivity index (χ2v) is 6.90. The third-order valence-corrected chi connectivity index (χ3v) is 4.66. The van der Waals surface area contributed by atoms with Gasteiger partial charge < -0.3 is 5.32 Å². The van der Waals surface area contributed by atoms with Gasteiger partial charge in [-0.15, -0.1) is 0 Å². The number of aromatic nitrogens is 4. The number of carbonyl (C=O) groups excluding carboxylic acids is 1. The molecular weight excluding hydrogens is 350 g/mol. The number of carbonyl (C=O) groups is 1. The summed E-state index contributed by atoms with van der Waals surface area (Å²) in [6.45, 7) is 8.49. The van der Waals surface area contributed by atoms with Gasteiger partial charge >= 0.3 is 0 Å². The number of nitrogens with one attached hydrogen (secondary N) is 1. The molecule has 0 unspecified atom stereocenters. The Balaban J connectivity index is 1.72. The average Bonchev–Trinajstić information content (AvgIpc) is 3.03. The molecule has 2 heterocycles. The molecule has 0 saturated heterocycles. The van der Waals surface area contributed by atoms with Gasteiger partial charge in [0.25, 0.3) is 0 Å². The van der Waals surface area contributed by atoms with Crippen LogP contribution in [-0.4, -0.2) is 25.5 Å². The number of hydrogen-bond acceptors (Lipinski definition) is 3. The maximum absolute atomic E-state index is 12.4. The van der Waals surface area contributed by atoms with Crippen LogP contribution in [0.4, 0.5) is 5.69 Å². The van der Waals surface area contributed by atoms with Gasteiger partial charge in [0, 0.05) is 6.20 Å². The van der Waals surface area contributed by atoms with Crippen LogP contribution in [0.25, 0.3) is 0 Å². The van der Waals surface area contributed by atoms with E-state index < -0.39 is 0 Å². The molecule has 0 aliphatic carbocycles. The molecule has 0 atom stereocenters. The lowest BCUT2D eigenvalue weighted by atomic mass is 10.1. The van der Waals surface area contributed by atoms with Crippen molar-refractivity contribution < 1.29 is 4.79 Å². The Morgan fingerprint density at radius 1 is 1.08 bits per heavy atom. The van der Waals surface area contributed by atoms with Crippen LogP contribution in [0.2, 0.25) is 5.02 Å². The zero-order valence-electron chi connectivity index (χ0n) is 15.4. The molecule has 7 heteroatoms. The smallest absolute Gasteiger partial charge is 0.246 e. The van der Waals surface area contributed by atoms with E-state index in [0.29, 0.717) is 17.3 Å². The number of halogens is 1. The predicted molar refractivity (Wildman–Crippen MR) is 103 cm³/mol. The van der Waals surface area contributed by atoms with Crippen molar-refractivity contribution in [3.63, 3.8) is 0 Å². The molecule has 2 aromatic heterocycles. The monoisotopic (exact) mass is 371 g/mol. The standard InChI is InChI=1S/C19H22ClN5O/c1-12-5-7-16(8-6-12)9-25-15(4)19(14(3)23-25)21-18(26)11-24-10-17(20)13(2)22-24/h5-8,10H,9,11H2,1-4H3,(H,21,26). The first-order valence-corrected chi connectivity index (χ1v) is 8.80. The highest BCUT2D eigenvalue weighted by atomic mass is 35.5. The van der Waals surface area contributed by atoms with Crippen molar-refractivity contribution in [1.29, 1.82) is 0 Å². The SMILES string of the molecule is Cc1ccc(Cn2nc(C)c(NC(=O)Cn3cc(Cl)c(C)n3)c2C)cc1. The number of amides is 1. The van der Waals surface area contributed by atoms with Gasteiger partial charge in [0.1, 0.15) is 6.54 Å². The minimum atomic E-state index is -0.162. The predicted octanol–water partition coefficient (Wildman–Crippen LogP) is 3.65. The van der Waals surface area contributed by atoms with Gasteiger partial charge in [0.15, 0.2) is 0 Å². The van der Waals surface area contributed by atoms with Gasteiger partial charge in [-0.3, -0.25) is 14.2 Å². The molecule has 0 saturated carbocycles. The lowest BCUT2D eigenvalue weighted by Crippen LogP contribution is -2.20. The lowest BCUT2D eigenvalue weighted by molar-refractivity contribution is -0.116. The molecule has 0 bridgehead atoms. The fourth-order valence-corrected chi connectivity index (χ4v) is 2.95. The van der Waals surface area contributed by atoms with Crippen LogP contribution in [0.3, 0.4) is 0 Å². The number of anilines is 1. The average molecular weight is 372 g/mol. The van der Waals surface area contributed by atoms with Crippen LogP contribution in [0.1, 0.15) is 28.2 Å². The Morgan fingerprint density at radius 2 is 1.77 bits per heavy atom. The summed E-state index contributed by atoms with van der Waals surface area (Å²) in [5, 5.41) is 12.3. The van der Waals surface area contributed by atoms with Crippen molar-refractivity contribution in [2.24, 2.45) is 0 Å². The molecule has 1 aromatic carbocycles. The summed E-state index contributed by atoms with van der Waals surface area (Å²) < 4.78 is 3.44. The molecule has 3 rings (SSSR count). The maximum Gasteiger partial charge on any atom is 0.246 e. The Kier molecular flexibility index (Phi) is 5.13. The molecule has 0 radical (unpaired) electrons. The first-order chi connectivity index (χ1) is 12.3. The van der Waals surface area contributed by atoms with Crippen molar-refractivity contribution >= 4 is 23.2 Å². The molecule has 136 valence electrons. The number of aryl methyl sites for hydroxylation is 3. The van der Waals surface area contributed by atoms with E-state index in [9.17, 15) is 4.79 Å². The lowest BCUT2D eigenvalue weighted by Gasteiger charge is -2.08.